The maximum atomic E-state index is 13.7. The zero-order chi connectivity index (χ0) is 22.4. The van der Waals surface area contributed by atoms with Crippen LogP contribution in [0, 0.1) is 12.8 Å². The molecule has 2 aliphatic rings. The molecule has 0 bridgehead atoms. The molecule has 0 radical (unpaired) electrons. The molecule has 0 aliphatic heterocycles. The summed E-state index contributed by atoms with van der Waals surface area (Å²) < 4.78 is 34.6. The molecule has 170 valence electrons. The summed E-state index contributed by atoms with van der Waals surface area (Å²) in [4.78, 5) is 17.3. The molecule has 2 heterocycles. The normalized spacial score (nSPS) is 21.2. The van der Waals surface area contributed by atoms with Crippen LogP contribution in [0.1, 0.15) is 98.8 Å². The van der Waals surface area contributed by atoms with Crippen molar-refractivity contribution in [3.05, 3.63) is 34.8 Å². The average molecular weight is 435 g/mol. The van der Waals surface area contributed by atoms with Gasteiger partial charge in [-0.15, -0.1) is 0 Å². The molecule has 1 unspecified atom stereocenters. The molecule has 7 heteroatoms. The van der Waals surface area contributed by atoms with Crippen molar-refractivity contribution < 1.29 is 23.4 Å². The van der Waals surface area contributed by atoms with Crippen molar-refractivity contribution in [3.63, 3.8) is 0 Å². The van der Waals surface area contributed by atoms with Crippen LogP contribution >= 0.6 is 0 Å². The predicted octanol–water partition coefficient (Wildman–Crippen LogP) is 5.51. The first-order chi connectivity index (χ1) is 14.6. The minimum absolute atomic E-state index is 0.116. The van der Waals surface area contributed by atoms with Crippen molar-refractivity contribution in [3.8, 4) is 0 Å². The fourth-order valence-corrected chi connectivity index (χ4v) is 4.64. The Labute approximate surface area is 181 Å². The van der Waals surface area contributed by atoms with Gasteiger partial charge in [0.05, 0.1) is 29.7 Å². The molecule has 1 N–H and O–H groups in total. The average Bonchev–Trinajstić information content (AvgIpc) is 3.33. The van der Waals surface area contributed by atoms with Crippen LogP contribution in [-0.2, 0) is 10.2 Å². The molecule has 0 aromatic carbocycles. The molecular weight excluding hydrogens is 402 g/mol. The van der Waals surface area contributed by atoms with Crippen LogP contribution in [0.15, 0.2) is 12.1 Å². The molecule has 2 saturated carbocycles. The maximum Gasteiger partial charge on any atom is 0.338 e. The molecule has 31 heavy (non-hydrogen) atoms. The van der Waals surface area contributed by atoms with Crippen LogP contribution in [0.3, 0.4) is 0 Å². The molecule has 4 rings (SSSR count). The molecular formula is C24H32F2N2O3. The monoisotopic (exact) mass is 434 g/mol. The number of carbonyl (C=O) groups excluding carboxylic acids is 1. The van der Waals surface area contributed by atoms with Crippen molar-refractivity contribution in [2.45, 2.75) is 89.6 Å². The summed E-state index contributed by atoms with van der Waals surface area (Å²) in [5.74, 6) is -3.24. The Balaban J connectivity index is 1.71. The number of esters is 1. The summed E-state index contributed by atoms with van der Waals surface area (Å²) in [5, 5.41) is 11.3. The number of rotatable bonds is 7. The second-order valence-electron chi connectivity index (χ2n) is 9.61. The smallest absolute Gasteiger partial charge is 0.338 e. The zero-order valence-electron chi connectivity index (χ0n) is 18.6. The first kappa shape index (κ1) is 22.2. The minimum atomic E-state index is -2.63. The minimum Gasteiger partial charge on any atom is -0.462 e. The summed E-state index contributed by atoms with van der Waals surface area (Å²) >= 11 is 0. The number of imidazole rings is 1. The maximum absolute atomic E-state index is 13.7. The van der Waals surface area contributed by atoms with E-state index in [-0.39, 0.29) is 30.1 Å². The Hall–Kier alpha value is -2.02. The van der Waals surface area contributed by atoms with E-state index < -0.39 is 12.0 Å². The summed E-state index contributed by atoms with van der Waals surface area (Å²) in [6.45, 7) is 6.42. The van der Waals surface area contributed by atoms with Crippen LogP contribution < -0.4 is 0 Å². The lowest BCUT2D eigenvalue weighted by molar-refractivity contribution is -0.0634. The number of aliphatic hydroxyl groups excluding tert-OH is 1. The van der Waals surface area contributed by atoms with Crippen LogP contribution in [0.2, 0.25) is 0 Å². The van der Waals surface area contributed by atoms with Crippen molar-refractivity contribution in [2.75, 3.05) is 6.61 Å². The first-order valence-electron chi connectivity index (χ1n) is 11.4. The zero-order valence-corrected chi connectivity index (χ0v) is 18.6. The highest BCUT2D eigenvalue weighted by Crippen LogP contribution is 2.51. The summed E-state index contributed by atoms with van der Waals surface area (Å²) in [5.41, 5.74) is 3.23. The summed E-state index contributed by atoms with van der Waals surface area (Å²) in [7, 11) is 0. The van der Waals surface area contributed by atoms with E-state index in [2.05, 4.69) is 6.92 Å². The van der Waals surface area contributed by atoms with Crippen molar-refractivity contribution >= 4 is 11.6 Å². The number of aliphatic hydroxyl groups is 1. The molecule has 1 atom stereocenters. The Morgan fingerprint density at radius 3 is 2.58 bits per heavy atom. The quantitative estimate of drug-likeness (QED) is 0.461. The van der Waals surface area contributed by atoms with Gasteiger partial charge in [0.15, 0.2) is 0 Å². The number of halogens is 2. The van der Waals surface area contributed by atoms with E-state index in [1.165, 1.54) is 0 Å². The van der Waals surface area contributed by atoms with Gasteiger partial charge in [-0.25, -0.2) is 18.6 Å². The Kier molecular flexibility index (Phi) is 5.83. The lowest BCUT2D eigenvalue weighted by atomic mass is 9.81. The number of aromatic nitrogens is 2. The number of hydrogen-bond donors (Lipinski definition) is 1. The van der Waals surface area contributed by atoms with Crippen molar-refractivity contribution in [1.29, 1.82) is 0 Å². The predicted molar refractivity (Wildman–Crippen MR) is 114 cm³/mol. The third-order valence-corrected chi connectivity index (χ3v) is 6.97. The molecule has 2 aromatic heterocycles. The Morgan fingerprint density at radius 2 is 1.97 bits per heavy atom. The van der Waals surface area contributed by atoms with Gasteiger partial charge in [-0.05, 0) is 57.1 Å². The van der Waals surface area contributed by atoms with Crippen molar-refractivity contribution in [2.24, 2.45) is 5.92 Å². The van der Waals surface area contributed by atoms with E-state index in [1.54, 1.807) is 12.1 Å². The molecule has 2 aromatic rings. The van der Waals surface area contributed by atoms with E-state index in [4.69, 9.17) is 9.72 Å². The van der Waals surface area contributed by atoms with Gasteiger partial charge >= 0.3 is 5.97 Å². The van der Waals surface area contributed by atoms with E-state index in [0.717, 1.165) is 37.1 Å². The molecule has 2 aliphatic carbocycles. The molecule has 0 spiro atoms. The molecule has 5 nitrogen and oxygen atoms in total. The van der Waals surface area contributed by atoms with Crippen LogP contribution in [0.4, 0.5) is 8.78 Å². The Bertz CT molecular complexity index is 971. The van der Waals surface area contributed by atoms with Gasteiger partial charge in [0.25, 0.3) is 0 Å². The van der Waals surface area contributed by atoms with Gasteiger partial charge in [0, 0.05) is 24.0 Å². The van der Waals surface area contributed by atoms with Crippen LogP contribution in [-0.4, -0.2) is 33.0 Å². The van der Waals surface area contributed by atoms with E-state index in [9.17, 15) is 18.7 Å². The topological polar surface area (TPSA) is 63.8 Å². The van der Waals surface area contributed by atoms with Crippen LogP contribution in [0.25, 0.3) is 5.65 Å². The van der Waals surface area contributed by atoms with Gasteiger partial charge < -0.3 is 9.84 Å². The van der Waals surface area contributed by atoms with Gasteiger partial charge in [-0.3, -0.25) is 4.40 Å². The molecule has 0 amide bonds. The number of ether oxygens (including phenoxy) is 1. The van der Waals surface area contributed by atoms with Gasteiger partial charge in [-0.1, -0.05) is 20.3 Å². The fourth-order valence-electron chi connectivity index (χ4n) is 4.64. The van der Waals surface area contributed by atoms with E-state index in [1.807, 2.05) is 18.2 Å². The Morgan fingerprint density at radius 1 is 1.29 bits per heavy atom. The largest absolute Gasteiger partial charge is 0.462 e. The van der Waals surface area contributed by atoms with E-state index >= 15 is 0 Å². The lowest BCUT2D eigenvalue weighted by Gasteiger charge is -2.32. The standard InChI is InChI=1S/C24H32F2N2O3/c1-4-5-12-31-22(30)17-13-15(2)28-18(14-17)27-21(23(3)10-11-23)19(28)20(29)16-6-8-24(25,26)9-7-16/h13-14,16,20,29H,4-12H2,1-3H3. The van der Waals surface area contributed by atoms with Gasteiger partial charge in [-0.2, -0.15) is 0 Å². The van der Waals surface area contributed by atoms with E-state index in [0.29, 0.717) is 36.4 Å². The fraction of sp³-hybridized carbons (Fsp3) is 0.667. The first-order valence-corrected chi connectivity index (χ1v) is 11.4. The lowest BCUT2D eigenvalue weighted by Crippen LogP contribution is -2.29. The van der Waals surface area contributed by atoms with Gasteiger partial charge in [0.1, 0.15) is 5.65 Å². The number of nitrogens with zero attached hydrogens (tertiary/aromatic N) is 2. The SMILES string of the molecule is CCCCOC(=O)c1cc(C)n2c(C(O)C3CCC(F)(F)CC3)c(C3(C)CC3)nc2c1. The summed E-state index contributed by atoms with van der Waals surface area (Å²) in [6, 6.07) is 3.47. The number of hydrogen-bond acceptors (Lipinski definition) is 4. The highest BCUT2D eigenvalue weighted by molar-refractivity contribution is 5.90. The number of alkyl halides is 2. The number of carbonyl (C=O) groups is 1. The second kappa shape index (κ2) is 8.15. The van der Waals surface area contributed by atoms with Crippen LogP contribution in [0.5, 0.6) is 0 Å². The molecule has 0 saturated heterocycles. The van der Waals surface area contributed by atoms with Gasteiger partial charge in [0.2, 0.25) is 5.92 Å². The number of unbranched alkanes of at least 4 members (excludes halogenated alkanes) is 1. The summed E-state index contributed by atoms with van der Waals surface area (Å²) in [6.07, 6.45) is 3.05. The highest BCUT2D eigenvalue weighted by Gasteiger charge is 2.46. The third-order valence-electron chi connectivity index (χ3n) is 6.97. The van der Waals surface area contributed by atoms with Crippen molar-refractivity contribution in [1.82, 2.24) is 9.38 Å². The highest BCUT2D eigenvalue weighted by atomic mass is 19.3. The number of aryl methyl sites for hydroxylation is 1. The third kappa shape index (κ3) is 4.34. The number of fused-ring (bicyclic) bond motifs is 1. The molecule has 2 fully saturated rings. The number of pyridine rings is 1. The second-order valence-corrected chi connectivity index (χ2v) is 9.61.